The number of rotatable bonds is 6. The maximum absolute atomic E-state index is 4.29. The predicted octanol–water partition coefficient (Wildman–Crippen LogP) is 3.75. The van der Waals surface area contributed by atoms with Crippen LogP contribution in [-0.2, 0) is 13.1 Å². The Hall–Kier alpha value is -0.820. The van der Waals surface area contributed by atoms with Crippen molar-refractivity contribution in [1.82, 2.24) is 15.5 Å². The number of hydrogen-bond donors (Lipinski definition) is 2. The molecular formula is C20H33IN4. The molecular weight excluding hydrogens is 423 g/mol. The summed E-state index contributed by atoms with van der Waals surface area (Å²) in [6.07, 6.45) is 6.80. The van der Waals surface area contributed by atoms with Gasteiger partial charge in [-0.1, -0.05) is 30.7 Å². The molecule has 4 nitrogen and oxygen atoms in total. The molecule has 0 amide bonds. The first-order chi connectivity index (χ1) is 11.7. The Balaban J connectivity index is 0.00000225. The molecule has 0 aromatic heterocycles. The first-order valence-corrected chi connectivity index (χ1v) is 9.51. The smallest absolute Gasteiger partial charge is 0.191 e. The van der Waals surface area contributed by atoms with Gasteiger partial charge in [0.25, 0.3) is 0 Å². The van der Waals surface area contributed by atoms with Crippen LogP contribution in [0.4, 0.5) is 0 Å². The molecule has 1 aliphatic carbocycles. The number of aliphatic imine (C=N–C) groups is 1. The summed E-state index contributed by atoms with van der Waals surface area (Å²) < 4.78 is 0. The largest absolute Gasteiger partial charge is 0.356 e. The van der Waals surface area contributed by atoms with Gasteiger partial charge in [-0.25, -0.2) is 0 Å². The molecule has 1 aromatic rings. The molecule has 0 bridgehead atoms. The monoisotopic (exact) mass is 456 g/mol. The van der Waals surface area contributed by atoms with E-state index in [-0.39, 0.29) is 24.0 Å². The van der Waals surface area contributed by atoms with E-state index in [2.05, 4.69) is 51.7 Å². The minimum Gasteiger partial charge on any atom is -0.356 e. The topological polar surface area (TPSA) is 39.7 Å². The van der Waals surface area contributed by atoms with Gasteiger partial charge < -0.3 is 10.6 Å². The summed E-state index contributed by atoms with van der Waals surface area (Å²) >= 11 is 0. The molecule has 1 aromatic carbocycles. The maximum Gasteiger partial charge on any atom is 0.191 e. The van der Waals surface area contributed by atoms with E-state index in [1.165, 1.54) is 49.8 Å². The number of guanidine groups is 1. The molecule has 1 heterocycles. The van der Waals surface area contributed by atoms with Crippen LogP contribution in [0.25, 0.3) is 0 Å². The molecule has 2 N–H and O–H groups in total. The number of likely N-dealkylation sites (tertiary alicyclic amines) is 1. The Morgan fingerprint density at radius 3 is 2.44 bits per heavy atom. The van der Waals surface area contributed by atoms with E-state index in [9.17, 15) is 0 Å². The number of nitrogens with one attached hydrogen (secondary N) is 2. The van der Waals surface area contributed by atoms with Crippen molar-refractivity contribution in [1.29, 1.82) is 0 Å². The lowest BCUT2D eigenvalue weighted by molar-refractivity contribution is 0.152. The van der Waals surface area contributed by atoms with E-state index < -0.39 is 0 Å². The summed E-state index contributed by atoms with van der Waals surface area (Å²) in [5.41, 5.74) is 2.73. The number of piperidine rings is 1. The molecule has 3 rings (SSSR count). The van der Waals surface area contributed by atoms with Crippen LogP contribution in [0.2, 0.25) is 0 Å². The van der Waals surface area contributed by atoms with Crippen LogP contribution < -0.4 is 10.6 Å². The van der Waals surface area contributed by atoms with Crippen LogP contribution >= 0.6 is 24.0 Å². The molecule has 25 heavy (non-hydrogen) atoms. The van der Waals surface area contributed by atoms with Gasteiger partial charge in [0, 0.05) is 32.7 Å². The summed E-state index contributed by atoms with van der Waals surface area (Å²) in [4.78, 5) is 6.91. The number of hydrogen-bond acceptors (Lipinski definition) is 2. The third-order valence-electron chi connectivity index (χ3n) is 5.29. The van der Waals surface area contributed by atoms with E-state index in [1.54, 1.807) is 0 Å². The van der Waals surface area contributed by atoms with Crippen LogP contribution in [0, 0.1) is 5.92 Å². The van der Waals surface area contributed by atoms with Crippen molar-refractivity contribution in [2.24, 2.45) is 10.9 Å². The summed E-state index contributed by atoms with van der Waals surface area (Å²) in [6.45, 7) is 6.56. The zero-order chi connectivity index (χ0) is 16.8. The van der Waals surface area contributed by atoms with Crippen LogP contribution in [0.5, 0.6) is 0 Å². The zero-order valence-electron chi connectivity index (χ0n) is 15.6. The van der Waals surface area contributed by atoms with Gasteiger partial charge in [0.05, 0.1) is 0 Å². The highest BCUT2D eigenvalue weighted by Gasteiger charge is 2.21. The lowest BCUT2D eigenvalue weighted by Gasteiger charge is -2.33. The number of benzene rings is 1. The van der Waals surface area contributed by atoms with Gasteiger partial charge >= 0.3 is 0 Å². The van der Waals surface area contributed by atoms with E-state index in [4.69, 9.17) is 0 Å². The highest BCUT2D eigenvalue weighted by Crippen LogP contribution is 2.27. The second-order valence-corrected chi connectivity index (χ2v) is 7.38. The fourth-order valence-corrected chi connectivity index (χ4v) is 3.36. The molecule has 1 atom stereocenters. The van der Waals surface area contributed by atoms with Gasteiger partial charge in [0.15, 0.2) is 5.96 Å². The first-order valence-electron chi connectivity index (χ1n) is 9.51. The van der Waals surface area contributed by atoms with E-state index in [0.717, 1.165) is 37.6 Å². The molecule has 0 radical (unpaired) electrons. The average molecular weight is 456 g/mol. The fourth-order valence-electron chi connectivity index (χ4n) is 3.36. The predicted molar refractivity (Wildman–Crippen MR) is 117 cm³/mol. The standard InChI is InChI=1S/C20H32N4.HI/c1-16-5-3-4-12-24(16)15-19-10-8-18(9-11-19)14-23-20(21-2)22-13-17-6-7-17;/h8-11,16-17H,3-7,12-15H2,1-2H3,(H2,21,22,23);1H. The first kappa shape index (κ1) is 20.5. The van der Waals surface area contributed by atoms with E-state index in [0.29, 0.717) is 0 Å². The minimum atomic E-state index is 0. The van der Waals surface area contributed by atoms with Gasteiger partial charge in [-0.15, -0.1) is 24.0 Å². The quantitative estimate of drug-likeness (QED) is 0.389. The van der Waals surface area contributed by atoms with E-state index >= 15 is 0 Å². The average Bonchev–Trinajstić information content (AvgIpc) is 3.43. The van der Waals surface area contributed by atoms with E-state index in [1.807, 2.05) is 7.05 Å². The Kier molecular flexibility index (Phi) is 8.49. The van der Waals surface area contributed by atoms with Gasteiger partial charge in [-0.3, -0.25) is 9.89 Å². The zero-order valence-corrected chi connectivity index (χ0v) is 18.0. The van der Waals surface area contributed by atoms with Crippen LogP contribution in [0.3, 0.4) is 0 Å². The van der Waals surface area contributed by atoms with Gasteiger partial charge in [0.1, 0.15) is 0 Å². The second kappa shape index (κ2) is 10.4. The molecule has 1 saturated heterocycles. The lowest BCUT2D eigenvalue weighted by atomic mass is 10.0. The van der Waals surface area contributed by atoms with Crippen LogP contribution in [0.1, 0.15) is 50.2 Å². The third kappa shape index (κ3) is 6.77. The van der Waals surface area contributed by atoms with Crippen molar-refractivity contribution in [2.45, 2.75) is 58.2 Å². The number of nitrogens with zero attached hydrogens (tertiary/aromatic N) is 2. The third-order valence-corrected chi connectivity index (χ3v) is 5.29. The maximum atomic E-state index is 4.29. The molecule has 5 heteroatoms. The highest BCUT2D eigenvalue weighted by molar-refractivity contribution is 14.0. The van der Waals surface area contributed by atoms with Crippen molar-refractivity contribution in [2.75, 3.05) is 20.1 Å². The summed E-state index contributed by atoms with van der Waals surface area (Å²) in [5, 5.41) is 6.81. The van der Waals surface area contributed by atoms with Gasteiger partial charge in [-0.05, 0) is 56.2 Å². The van der Waals surface area contributed by atoms with Crippen molar-refractivity contribution in [3.63, 3.8) is 0 Å². The highest BCUT2D eigenvalue weighted by atomic mass is 127. The normalized spacial score (nSPS) is 21.5. The molecule has 0 spiro atoms. The molecule has 2 aliphatic rings. The molecule has 1 aliphatic heterocycles. The summed E-state index contributed by atoms with van der Waals surface area (Å²) in [5.74, 6) is 1.77. The fraction of sp³-hybridized carbons (Fsp3) is 0.650. The van der Waals surface area contributed by atoms with Gasteiger partial charge in [-0.2, -0.15) is 0 Å². The SMILES string of the molecule is CN=C(NCc1ccc(CN2CCCCC2C)cc1)NCC1CC1.I. The van der Waals surface area contributed by atoms with Crippen molar-refractivity contribution >= 4 is 29.9 Å². The molecule has 2 fully saturated rings. The van der Waals surface area contributed by atoms with Gasteiger partial charge in [0.2, 0.25) is 0 Å². The lowest BCUT2D eigenvalue weighted by Crippen LogP contribution is -2.37. The molecule has 1 saturated carbocycles. The van der Waals surface area contributed by atoms with Crippen LogP contribution in [0.15, 0.2) is 29.3 Å². The Labute approximate surface area is 169 Å². The van der Waals surface area contributed by atoms with Crippen molar-refractivity contribution < 1.29 is 0 Å². The Bertz CT molecular complexity index is 539. The minimum absolute atomic E-state index is 0. The Morgan fingerprint density at radius 1 is 1.08 bits per heavy atom. The van der Waals surface area contributed by atoms with Crippen LogP contribution in [-0.4, -0.2) is 37.0 Å². The summed E-state index contributed by atoms with van der Waals surface area (Å²) in [6, 6.07) is 9.76. The number of halogens is 1. The second-order valence-electron chi connectivity index (χ2n) is 7.38. The van der Waals surface area contributed by atoms with Crippen molar-refractivity contribution in [3.8, 4) is 0 Å². The summed E-state index contributed by atoms with van der Waals surface area (Å²) in [7, 11) is 1.84. The Morgan fingerprint density at radius 2 is 1.80 bits per heavy atom. The molecule has 1 unspecified atom stereocenters. The molecule has 140 valence electrons. The van der Waals surface area contributed by atoms with Crippen molar-refractivity contribution in [3.05, 3.63) is 35.4 Å².